The Morgan fingerprint density at radius 2 is 1.92 bits per heavy atom. The number of hydrogen-bond donors (Lipinski definition) is 0. The number of alkyl halides is 3. The smallest absolute Gasteiger partial charge is 0.417 e. The van der Waals surface area contributed by atoms with E-state index in [1.54, 1.807) is 6.07 Å². The Morgan fingerprint density at radius 3 is 2.54 bits per heavy atom. The molecule has 1 aliphatic carbocycles. The topological polar surface area (TPSA) is 22.1 Å². The van der Waals surface area contributed by atoms with Crippen molar-refractivity contribution in [1.82, 2.24) is 4.98 Å². The number of pyridine rings is 1. The summed E-state index contributed by atoms with van der Waals surface area (Å²) < 4.78 is 43.3. The summed E-state index contributed by atoms with van der Waals surface area (Å²) in [5.74, 6) is 1.55. The van der Waals surface area contributed by atoms with Gasteiger partial charge in [0.1, 0.15) is 5.75 Å². The third-order valence-corrected chi connectivity index (χ3v) is 4.84. The maximum absolute atomic E-state index is 12.6. The van der Waals surface area contributed by atoms with Crippen molar-refractivity contribution in [3.8, 4) is 11.6 Å². The molecule has 3 rings (SSSR count). The van der Waals surface area contributed by atoms with E-state index in [0.717, 1.165) is 36.6 Å². The Balaban J connectivity index is 1.68. The molecule has 1 heterocycles. The third-order valence-electron chi connectivity index (χ3n) is 4.84. The molecular weight excluding hydrogens is 339 g/mol. The molecule has 0 atom stereocenters. The highest BCUT2D eigenvalue weighted by atomic mass is 19.4. The third kappa shape index (κ3) is 4.87. The van der Waals surface area contributed by atoms with Crippen molar-refractivity contribution in [3.05, 3.63) is 59.3 Å². The highest BCUT2D eigenvalue weighted by Crippen LogP contribution is 2.32. The molecule has 2 nitrogen and oxygen atoms in total. The number of allylic oxidation sites excluding steroid dienone is 1. The Hall–Kier alpha value is -2.30. The molecule has 0 aliphatic heterocycles. The first kappa shape index (κ1) is 18.5. The summed E-state index contributed by atoms with van der Waals surface area (Å²) in [6.45, 7) is 2.25. The lowest BCUT2D eigenvalue weighted by atomic mass is 9.84. The summed E-state index contributed by atoms with van der Waals surface area (Å²) in [5, 5.41) is 0. The lowest BCUT2D eigenvalue weighted by Crippen LogP contribution is -2.06. The molecule has 1 saturated carbocycles. The molecule has 0 amide bonds. The van der Waals surface area contributed by atoms with Gasteiger partial charge in [0.25, 0.3) is 0 Å². The molecule has 1 aromatic carbocycles. The summed E-state index contributed by atoms with van der Waals surface area (Å²) in [7, 11) is 0. The highest BCUT2D eigenvalue weighted by Gasteiger charge is 2.30. The number of ether oxygens (including phenoxy) is 1. The lowest BCUT2D eigenvalue weighted by Gasteiger charge is -2.22. The first-order valence-electron chi connectivity index (χ1n) is 8.94. The number of aromatic nitrogens is 1. The van der Waals surface area contributed by atoms with Crippen molar-refractivity contribution in [1.29, 1.82) is 0 Å². The maximum Gasteiger partial charge on any atom is 0.417 e. The molecular formula is C21H22F3NO. The fourth-order valence-electron chi connectivity index (χ4n) is 3.23. The molecule has 0 saturated heterocycles. The van der Waals surface area contributed by atoms with Gasteiger partial charge in [-0.3, -0.25) is 0 Å². The van der Waals surface area contributed by atoms with E-state index >= 15 is 0 Å². The van der Waals surface area contributed by atoms with Crippen LogP contribution in [0.4, 0.5) is 13.2 Å². The summed E-state index contributed by atoms with van der Waals surface area (Å²) in [6, 6.07) is 9.75. The minimum atomic E-state index is -4.39. The van der Waals surface area contributed by atoms with Crippen LogP contribution in [0.3, 0.4) is 0 Å². The molecule has 0 radical (unpaired) electrons. The van der Waals surface area contributed by atoms with Gasteiger partial charge in [-0.25, -0.2) is 4.98 Å². The average Bonchev–Trinajstić information content (AvgIpc) is 2.62. The van der Waals surface area contributed by atoms with E-state index in [-0.39, 0.29) is 5.88 Å². The normalized spacial score (nSPS) is 17.8. The van der Waals surface area contributed by atoms with E-state index in [1.807, 2.05) is 18.2 Å². The first-order valence-corrected chi connectivity index (χ1v) is 8.94. The van der Waals surface area contributed by atoms with E-state index in [0.29, 0.717) is 5.75 Å². The zero-order chi connectivity index (χ0) is 18.6. The summed E-state index contributed by atoms with van der Waals surface area (Å²) >= 11 is 0. The molecule has 26 heavy (non-hydrogen) atoms. The second-order valence-electron chi connectivity index (χ2n) is 6.71. The van der Waals surface area contributed by atoms with Gasteiger partial charge in [0.2, 0.25) is 5.88 Å². The van der Waals surface area contributed by atoms with Crippen LogP contribution in [-0.2, 0) is 6.18 Å². The first-order chi connectivity index (χ1) is 12.4. The van der Waals surface area contributed by atoms with Crippen LogP contribution in [0.1, 0.15) is 50.2 Å². The quantitative estimate of drug-likeness (QED) is 0.592. The van der Waals surface area contributed by atoms with Crippen LogP contribution in [0.5, 0.6) is 11.6 Å². The van der Waals surface area contributed by atoms with Gasteiger partial charge >= 0.3 is 6.18 Å². The fourth-order valence-corrected chi connectivity index (χ4v) is 3.23. The SMILES string of the molecule is CCC1CCC(=Cc2cccc(Oc3ccc(C(F)(F)F)cn3)c2)CC1. The van der Waals surface area contributed by atoms with Gasteiger partial charge in [0.05, 0.1) is 5.56 Å². The molecule has 5 heteroatoms. The standard InChI is InChI=1S/C21H22F3NO/c1-2-15-6-8-16(9-7-15)12-17-4-3-5-19(13-17)26-20-11-10-18(14-25-20)21(22,23)24/h3-5,10-15H,2,6-9H2,1H3. The number of hydrogen-bond acceptors (Lipinski definition) is 2. The lowest BCUT2D eigenvalue weighted by molar-refractivity contribution is -0.137. The van der Waals surface area contributed by atoms with E-state index in [4.69, 9.17) is 4.74 Å². The molecule has 0 N–H and O–H groups in total. The van der Waals surface area contributed by atoms with Crippen molar-refractivity contribution in [2.75, 3.05) is 0 Å². The summed E-state index contributed by atoms with van der Waals surface area (Å²) in [5.41, 5.74) is 1.70. The highest BCUT2D eigenvalue weighted by molar-refractivity contribution is 5.55. The van der Waals surface area contributed by atoms with Crippen molar-refractivity contribution < 1.29 is 17.9 Å². The van der Waals surface area contributed by atoms with Crippen LogP contribution in [0.15, 0.2) is 48.2 Å². The Kier molecular flexibility index (Phi) is 5.64. The maximum atomic E-state index is 12.6. The van der Waals surface area contributed by atoms with Gasteiger partial charge < -0.3 is 4.74 Å². The van der Waals surface area contributed by atoms with Crippen molar-refractivity contribution >= 4 is 6.08 Å². The summed E-state index contributed by atoms with van der Waals surface area (Å²) in [6.07, 6.45) is 4.58. The largest absolute Gasteiger partial charge is 0.439 e. The van der Waals surface area contributed by atoms with Crippen molar-refractivity contribution in [3.63, 3.8) is 0 Å². The Bertz CT molecular complexity index is 756. The van der Waals surface area contributed by atoms with Crippen LogP contribution in [-0.4, -0.2) is 4.98 Å². The molecule has 0 unspecified atom stereocenters. The number of rotatable bonds is 4. The molecule has 2 aromatic rings. The van der Waals surface area contributed by atoms with Crippen LogP contribution >= 0.6 is 0 Å². The molecule has 1 aromatic heterocycles. The van der Waals surface area contributed by atoms with E-state index < -0.39 is 11.7 Å². The van der Waals surface area contributed by atoms with Gasteiger partial charge in [-0.15, -0.1) is 0 Å². The minimum Gasteiger partial charge on any atom is -0.439 e. The Morgan fingerprint density at radius 1 is 1.15 bits per heavy atom. The number of halogens is 3. The van der Waals surface area contributed by atoms with Gasteiger partial charge in [0, 0.05) is 12.3 Å². The zero-order valence-corrected chi connectivity index (χ0v) is 14.7. The van der Waals surface area contributed by atoms with Crippen molar-refractivity contribution in [2.24, 2.45) is 5.92 Å². The summed E-state index contributed by atoms with van der Waals surface area (Å²) in [4.78, 5) is 3.75. The van der Waals surface area contributed by atoms with Crippen LogP contribution in [0, 0.1) is 5.92 Å². The molecule has 0 bridgehead atoms. The van der Waals surface area contributed by atoms with Crippen LogP contribution in [0.2, 0.25) is 0 Å². The molecule has 0 spiro atoms. The fraction of sp³-hybridized carbons (Fsp3) is 0.381. The van der Waals surface area contributed by atoms with E-state index in [1.165, 1.54) is 30.9 Å². The Labute approximate surface area is 151 Å². The van der Waals surface area contributed by atoms with Crippen molar-refractivity contribution in [2.45, 2.75) is 45.2 Å². The zero-order valence-electron chi connectivity index (χ0n) is 14.7. The molecule has 1 fully saturated rings. The molecule has 138 valence electrons. The average molecular weight is 361 g/mol. The van der Waals surface area contributed by atoms with Gasteiger partial charge in [-0.2, -0.15) is 13.2 Å². The monoisotopic (exact) mass is 361 g/mol. The van der Waals surface area contributed by atoms with Gasteiger partial charge in [-0.1, -0.05) is 37.1 Å². The van der Waals surface area contributed by atoms with E-state index in [9.17, 15) is 13.2 Å². The second kappa shape index (κ2) is 7.94. The number of nitrogens with zero attached hydrogens (tertiary/aromatic N) is 1. The van der Waals surface area contributed by atoms with Gasteiger partial charge in [-0.05, 0) is 55.4 Å². The predicted molar refractivity (Wildman–Crippen MR) is 96.0 cm³/mol. The second-order valence-corrected chi connectivity index (χ2v) is 6.71. The van der Waals surface area contributed by atoms with E-state index in [2.05, 4.69) is 18.0 Å². The van der Waals surface area contributed by atoms with Crippen LogP contribution < -0.4 is 4.74 Å². The minimum absolute atomic E-state index is 0.145. The predicted octanol–water partition coefficient (Wildman–Crippen LogP) is 6.88. The molecule has 1 aliphatic rings. The number of benzene rings is 1. The van der Waals surface area contributed by atoms with Gasteiger partial charge in [0.15, 0.2) is 0 Å². The van der Waals surface area contributed by atoms with Crippen LogP contribution in [0.25, 0.3) is 6.08 Å².